The molecule has 0 amide bonds. The number of halogens is 2. The second-order valence-corrected chi connectivity index (χ2v) is 7.29. The summed E-state index contributed by atoms with van der Waals surface area (Å²) < 4.78 is 2.22. The molecule has 4 heteroatoms. The molecule has 1 unspecified atom stereocenters. The van der Waals surface area contributed by atoms with Crippen molar-refractivity contribution in [3.8, 4) is 0 Å². The molecule has 0 fully saturated rings. The Hall–Kier alpha value is -0.290. The first-order valence-corrected chi connectivity index (χ1v) is 8.59. The highest BCUT2D eigenvalue weighted by Crippen LogP contribution is 2.23. The molecule has 19 heavy (non-hydrogen) atoms. The minimum Gasteiger partial charge on any atom is -0.327 e. The van der Waals surface area contributed by atoms with Gasteiger partial charge < -0.3 is 5.73 Å². The molecule has 0 bridgehead atoms. The number of thioether (sulfide) groups is 1. The summed E-state index contributed by atoms with van der Waals surface area (Å²) in [6, 6.07) is 16.8. The zero-order valence-electron chi connectivity index (χ0n) is 10.4. The predicted octanol–water partition coefficient (Wildman–Crippen LogP) is 4.87. The zero-order valence-corrected chi connectivity index (χ0v) is 14.3. The van der Waals surface area contributed by atoms with Crippen LogP contribution in [0.5, 0.6) is 0 Å². The van der Waals surface area contributed by atoms with Gasteiger partial charge in [-0.3, -0.25) is 0 Å². The van der Waals surface area contributed by atoms with Crippen LogP contribution in [0.3, 0.4) is 0 Å². The Morgan fingerprint density at radius 3 is 2.37 bits per heavy atom. The fourth-order valence-corrected chi connectivity index (χ4v) is 3.69. The molecule has 0 saturated carbocycles. The van der Waals surface area contributed by atoms with Crippen LogP contribution in [0.1, 0.15) is 5.56 Å². The van der Waals surface area contributed by atoms with E-state index in [-0.39, 0.29) is 6.04 Å². The Bertz CT molecular complexity index is 545. The van der Waals surface area contributed by atoms with Gasteiger partial charge in [-0.2, -0.15) is 0 Å². The van der Waals surface area contributed by atoms with E-state index in [2.05, 4.69) is 56.1 Å². The van der Waals surface area contributed by atoms with Gasteiger partial charge in [0.15, 0.2) is 0 Å². The van der Waals surface area contributed by atoms with E-state index in [1.807, 2.05) is 24.3 Å². The molecule has 0 aliphatic rings. The van der Waals surface area contributed by atoms with Gasteiger partial charge in [0.05, 0.1) is 0 Å². The maximum Gasteiger partial charge on any atom is 0.0186 e. The first-order valence-electron chi connectivity index (χ1n) is 6.02. The Balaban J connectivity index is 1.86. The van der Waals surface area contributed by atoms with Crippen LogP contribution >= 0.6 is 43.6 Å². The molecule has 100 valence electrons. The Morgan fingerprint density at radius 1 is 1.00 bits per heavy atom. The molecule has 0 aromatic heterocycles. The minimum atomic E-state index is 0.165. The number of nitrogens with two attached hydrogens (primary N) is 1. The van der Waals surface area contributed by atoms with Crippen LogP contribution in [0.15, 0.2) is 62.4 Å². The lowest BCUT2D eigenvalue weighted by Crippen LogP contribution is -2.25. The van der Waals surface area contributed by atoms with Crippen LogP contribution in [0, 0.1) is 0 Å². The van der Waals surface area contributed by atoms with Crippen molar-refractivity contribution in [3.63, 3.8) is 0 Å². The van der Waals surface area contributed by atoms with E-state index in [0.29, 0.717) is 0 Å². The van der Waals surface area contributed by atoms with Crippen molar-refractivity contribution in [2.45, 2.75) is 17.4 Å². The van der Waals surface area contributed by atoms with Crippen LogP contribution in [0.2, 0.25) is 0 Å². The van der Waals surface area contributed by atoms with Crippen molar-refractivity contribution in [3.05, 3.63) is 63.0 Å². The lowest BCUT2D eigenvalue weighted by molar-refractivity contribution is 0.748. The molecule has 2 aromatic rings. The topological polar surface area (TPSA) is 26.0 Å². The van der Waals surface area contributed by atoms with E-state index in [4.69, 9.17) is 5.73 Å². The summed E-state index contributed by atoms with van der Waals surface area (Å²) in [5.74, 6) is 0.920. The minimum absolute atomic E-state index is 0.165. The molecule has 2 N–H and O–H groups in total. The monoisotopic (exact) mass is 399 g/mol. The molecule has 1 atom stereocenters. The summed E-state index contributed by atoms with van der Waals surface area (Å²) in [6.45, 7) is 0. The number of hydrogen-bond donors (Lipinski definition) is 1. The average molecular weight is 401 g/mol. The molecule has 0 spiro atoms. The zero-order chi connectivity index (χ0) is 13.7. The van der Waals surface area contributed by atoms with Crippen LogP contribution in [0.4, 0.5) is 0 Å². The van der Waals surface area contributed by atoms with Gasteiger partial charge in [-0.05, 0) is 42.3 Å². The summed E-state index contributed by atoms with van der Waals surface area (Å²) in [5, 5.41) is 0. The lowest BCUT2D eigenvalue weighted by Gasteiger charge is -2.11. The van der Waals surface area contributed by atoms with Crippen molar-refractivity contribution in [2.75, 3.05) is 5.75 Å². The van der Waals surface area contributed by atoms with Gasteiger partial charge in [-0.25, -0.2) is 0 Å². The van der Waals surface area contributed by atoms with E-state index in [1.165, 1.54) is 10.5 Å². The fourth-order valence-electron chi connectivity index (χ4n) is 1.79. The smallest absolute Gasteiger partial charge is 0.0186 e. The summed E-state index contributed by atoms with van der Waals surface area (Å²) >= 11 is 8.77. The number of benzene rings is 2. The third kappa shape index (κ3) is 5.30. The van der Waals surface area contributed by atoms with Crippen LogP contribution in [-0.4, -0.2) is 11.8 Å². The van der Waals surface area contributed by atoms with E-state index in [0.717, 1.165) is 21.1 Å². The van der Waals surface area contributed by atoms with Crippen molar-refractivity contribution in [1.82, 2.24) is 0 Å². The van der Waals surface area contributed by atoms with Gasteiger partial charge in [0.25, 0.3) is 0 Å². The van der Waals surface area contributed by atoms with E-state index in [1.54, 1.807) is 11.8 Å². The highest BCUT2D eigenvalue weighted by molar-refractivity contribution is 9.10. The van der Waals surface area contributed by atoms with Gasteiger partial charge >= 0.3 is 0 Å². The standard InChI is InChI=1S/C15H15Br2NS/c16-12-4-1-3-11(7-12)8-14(18)10-19-15-6-2-5-13(17)9-15/h1-7,9,14H,8,10,18H2. The Morgan fingerprint density at radius 2 is 1.68 bits per heavy atom. The second kappa shape index (κ2) is 7.48. The first kappa shape index (κ1) is 15.1. The molecule has 0 aliphatic carbocycles. The summed E-state index contributed by atoms with van der Waals surface area (Å²) in [5.41, 5.74) is 7.47. The van der Waals surface area contributed by atoms with Gasteiger partial charge in [-0.15, -0.1) is 11.8 Å². The molecule has 0 heterocycles. The molecule has 0 radical (unpaired) electrons. The van der Waals surface area contributed by atoms with Gasteiger partial charge in [0.2, 0.25) is 0 Å². The maximum absolute atomic E-state index is 6.19. The second-order valence-electron chi connectivity index (χ2n) is 4.36. The van der Waals surface area contributed by atoms with Crippen molar-refractivity contribution < 1.29 is 0 Å². The van der Waals surface area contributed by atoms with Gasteiger partial charge in [0.1, 0.15) is 0 Å². The quantitative estimate of drug-likeness (QED) is 0.724. The molecule has 1 nitrogen and oxygen atoms in total. The van der Waals surface area contributed by atoms with Gasteiger partial charge in [-0.1, -0.05) is 50.1 Å². The number of rotatable bonds is 5. The van der Waals surface area contributed by atoms with Crippen LogP contribution in [-0.2, 0) is 6.42 Å². The molecular formula is C15H15Br2NS. The van der Waals surface area contributed by atoms with Crippen molar-refractivity contribution in [1.29, 1.82) is 0 Å². The summed E-state index contributed by atoms with van der Waals surface area (Å²) in [6.07, 6.45) is 0.903. The SMILES string of the molecule is NC(CSc1cccc(Br)c1)Cc1cccc(Br)c1. The lowest BCUT2D eigenvalue weighted by atomic mass is 10.1. The van der Waals surface area contributed by atoms with E-state index < -0.39 is 0 Å². The van der Waals surface area contributed by atoms with Crippen molar-refractivity contribution in [2.24, 2.45) is 5.73 Å². The molecule has 0 saturated heterocycles. The average Bonchev–Trinajstić information content (AvgIpc) is 2.36. The fraction of sp³-hybridized carbons (Fsp3) is 0.200. The molecule has 2 aromatic carbocycles. The van der Waals surface area contributed by atoms with E-state index >= 15 is 0 Å². The van der Waals surface area contributed by atoms with Crippen LogP contribution in [0.25, 0.3) is 0 Å². The Kier molecular flexibility index (Phi) is 5.95. The van der Waals surface area contributed by atoms with Gasteiger partial charge in [0, 0.05) is 25.6 Å². The molecule has 2 rings (SSSR count). The summed E-state index contributed by atoms with van der Waals surface area (Å²) in [7, 11) is 0. The highest BCUT2D eigenvalue weighted by atomic mass is 79.9. The first-order chi connectivity index (χ1) is 9.13. The van der Waals surface area contributed by atoms with E-state index in [9.17, 15) is 0 Å². The predicted molar refractivity (Wildman–Crippen MR) is 90.7 cm³/mol. The Labute approximate surface area is 135 Å². The third-order valence-corrected chi connectivity index (χ3v) is 4.82. The maximum atomic E-state index is 6.19. The summed E-state index contributed by atoms with van der Waals surface area (Å²) in [4.78, 5) is 1.25. The number of hydrogen-bond acceptors (Lipinski definition) is 2. The molecule has 0 aliphatic heterocycles. The van der Waals surface area contributed by atoms with Crippen LogP contribution < -0.4 is 5.73 Å². The highest BCUT2D eigenvalue weighted by Gasteiger charge is 2.06. The third-order valence-electron chi connectivity index (χ3n) is 2.65. The molecular weight excluding hydrogens is 386 g/mol. The largest absolute Gasteiger partial charge is 0.327 e. The van der Waals surface area contributed by atoms with Crippen molar-refractivity contribution >= 4 is 43.6 Å². The normalized spacial score (nSPS) is 12.4.